The molecule has 52 heavy (non-hydrogen) atoms. The maximum absolute atomic E-state index is 12.3. The van der Waals surface area contributed by atoms with Crippen molar-refractivity contribution >= 4 is 29.3 Å². The summed E-state index contributed by atoms with van der Waals surface area (Å²) in [6.45, 7) is 5.95. The molecular formula is C32H56ClN7O12. The Morgan fingerprint density at radius 3 is 2.00 bits per heavy atom. The largest absolute Gasteiger partial charge is 0.389 e. The molecule has 11 N–H and O–H groups in total. The zero-order valence-electron chi connectivity index (χ0n) is 29.9. The fourth-order valence-corrected chi connectivity index (χ4v) is 5.76. The van der Waals surface area contributed by atoms with Crippen molar-refractivity contribution in [1.82, 2.24) is 25.5 Å². The van der Waals surface area contributed by atoms with Crippen LogP contribution in [0.5, 0.6) is 0 Å². The number of aliphatic hydroxyl groups excluding tert-OH is 6. The molecule has 1 amide bonds. The van der Waals surface area contributed by atoms with Gasteiger partial charge in [0.15, 0.2) is 35.2 Å². The number of nitrogens with one attached hydrogen (secondary N) is 3. The van der Waals surface area contributed by atoms with Gasteiger partial charge in [0, 0.05) is 32.8 Å². The number of anilines is 1. The second-order valence-corrected chi connectivity index (χ2v) is 13.3. The standard InChI is InChI=1S/C32H56ClN7O12/c1-17-29(33)38-24(30(34)37-17)31(47)39-32(35)36-9-7-5-4-6-8-11-48-12-10-40(13-20(41)25(43)27(45)22-15-49-18(2)51-22)14-21(42)26(44)28(46)23-16-50-19(3)52-23/h18-23,25-28,41-46H,4-16H2,1-3H3,(H2,34,37)(H3,35,36,39,47)/t18-,19-,20+,21+,22-,23-,25-,26-,27-,28-/m1/s1. The SMILES string of the molecule is Cc1nc(N)c(C(=O)NC(=N)NCCCCCCCOCCN(C[C@H](O)[C@@H](O)[C@H](O)[C@H]2CO[C@@H](C)O2)C[C@H](O)[C@@H](O)[C@H](O)[C@H]2CO[C@@H](C)O2)nc1Cl. The van der Waals surface area contributed by atoms with E-state index in [1.807, 2.05) is 0 Å². The van der Waals surface area contributed by atoms with Crippen molar-refractivity contribution in [3.8, 4) is 0 Å². The first-order valence-corrected chi connectivity index (χ1v) is 17.9. The molecule has 3 rings (SSSR count). The van der Waals surface area contributed by atoms with Gasteiger partial charge in [-0.25, -0.2) is 9.97 Å². The number of amides is 1. The van der Waals surface area contributed by atoms with Crippen molar-refractivity contribution in [1.29, 1.82) is 5.41 Å². The number of carbonyl (C=O) groups is 1. The number of aliphatic hydroxyl groups is 6. The van der Waals surface area contributed by atoms with Gasteiger partial charge < -0.3 is 65.4 Å². The number of nitrogens with two attached hydrogens (primary N) is 1. The summed E-state index contributed by atoms with van der Waals surface area (Å²) in [5.41, 5.74) is 5.98. The van der Waals surface area contributed by atoms with Crippen LogP contribution < -0.4 is 16.4 Å². The number of carbonyl (C=O) groups excluding carboxylic acids is 1. The van der Waals surface area contributed by atoms with E-state index in [1.54, 1.807) is 25.7 Å². The van der Waals surface area contributed by atoms with Gasteiger partial charge in [-0.1, -0.05) is 30.9 Å². The molecule has 1 aromatic rings. The number of ether oxygens (including phenoxy) is 5. The molecule has 0 saturated carbocycles. The van der Waals surface area contributed by atoms with Gasteiger partial charge in [-0.05, 0) is 33.6 Å². The molecule has 10 atom stereocenters. The van der Waals surface area contributed by atoms with E-state index in [1.165, 1.54) is 0 Å². The normalized spacial score (nSPS) is 24.0. The van der Waals surface area contributed by atoms with Gasteiger partial charge in [-0.3, -0.25) is 20.4 Å². The topological polar surface area (TPSA) is 288 Å². The summed E-state index contributed by atoms with van der Waals surface area (Å²) in [5.74, 6) is -0.960. The van der Waals surface area contributed by atoms with Gasteiger partial charge >= 0.3 is 0 Å². The highest BCUT2D eigenvalue weighted by molar-refractivity contribution is 6.30. The fourth-order valence-electron chi connectivity index (χ4n) is 5.63. The average molecular weight is 766 g/mol. The lowest BCUT2D eigenvalue weighted by molar-refractivity contribution is -0.135. The molecule has 298 valence electrons. The molecule has 0 spiro atoms. The lowest BCUT2D eigenvalue weighted by Gasteiger charge is -2.33. The number of halogens is 1. The first-order valence-electron chi connectivity index (χ1n) is 17.5. The van der Waals surface area contributed by atoms with E-state index in [-0.39, 0.29) is 62.1 Å². The predicted molar refractivity (Wildman–Crippen MR) is 186 cm³/mol. The minimum absolute atomic E-state index is 0.0528. The molecule has 1 aromatic heterocycles. The van der Waals surface area contributed by atoms with E-state index in [4.69, 9.17) is 46.4 Å². The van der Waals surface area contributed by atoms with Crippen molar-refractivity contribution in [3.63, 3.8) is 0 Å². The van der Waals surface area contributed by atoms with E-state index in [0.717, 1.165) is 32.1 Å². The Hall–Kier alpha value is -2.37. The molecule has 0 aliphatic carbocycles. The minimum Gasteiger partial charge on any atom is -0.389 e. The van der Waals surface area contributed by atoms with Crippen LogP contribution in [-0.2, 0) is 23.7 Å². The first kappa shape index (κ1) is 44.0. The van der Waals surface area contributed by atoms with Gasteiger partial charge in [0.05, 0.1) is 37.7 Å². The van der Waals surface area contributed by atoms with Crippen LogP contribution >= 0.6 is 11.6 Å². The summed E-state index contributed by atoms with van der Waals surface area (Å²) >= 11 is 5.92. The second kappa shape index (κ2) is 22.1. The van der Waals surface area contributed by atoms with Crippen LogP contribution in [0.2, 0.25) is 5.15 Å². The van der Waals surface area contributed by atoms with E-state index in [2.05, 4.69) is 20.6 Å². The van der Waals surface area contributed by atoms with Crippen LogP contribution in [0.4, 0.5) is 5.82 Å². The number of hydrogen-bond donors (Lipinski definition) is 10. The van der Waals surface area contributed by atoms with Gasteiger partial charge in [0.2, 0.25) is 0 Å². The smallest absolute Gasteiger partial charge is 0.280 e. The number of guanidine groups is 1. The third-order valence-corrected chi connectivity index (χ3v) is 9.03. The van der Waals surface area contributed by atoms with Crippen molar-refractivity contribution in [2.24, 2.45) is 0 Å². The Morgan fingerprint density at radius 1 is 0.923 bits per heavy atom. The van der Waals surface area contributed by atoms with Gasteiger partial charge in [-0.15, -0.1) is 0 Å². The third kappa shape index (κ3) is 14.1. The summed E-state index contributed by atoms with van der Waals surface area (Å²) in [4.78, 5) is 21.8. The Kier molecular flexibility index (Phi) is 18.7. The Bertz CT molecular complexity index is 1220. The molecule has 2 fully saturated rings. The Morgan fingerprint density at radius 2 is 1.46 bits per heavy atom. The number of aromatic nitrogens is 2. The van der Waals surface area contributed by atoms with Crippen molar-refractivity contribution in [3.05, 3.63) is 16.5 Å². The number of nitrogens with zero attached hydrogens (tertiary/aromatic N) is 3. The molecule has 0 unspecified atom stereocenters. The third-order valence-electron chi connectivity index (χ3n) is 8.68. The molecule has 0 radical (unpaired) electrons. The van der Waals surface area contributed by atoms with Crippen LogP contribution in [0.1, 0.15) is 62.1 Å². The molecule has 2 aliphatic rings. The van der Waals surface area contributed by atoms with E-state index < -0.39 is 67.3 Å². The summed E-state index contributed by atoms with van der Waals surface area (Å²) in [6.07, 6.45) is -7.51. The summed E-state index contributed by atoms with van der Waals surface area (Å²) in [5, 5.41) is 77.1. The Balaban J connectivity index is 1.35. The maximum atomic E-state index is 12.3. The molecule has 2 aliphatic heterocycles. The zero-order valence-corrected chi connectivity index (χ0v) is 30.7. The van der Waals surface area contributed by atoms with E-state index in [0.29, 0.717) is 18.8 Å². The fraction of sp³-hybridized carbons (Fsp3) is 0.812. The zero-order chi connectivity index (χ0) is 38.4. The highest BCUT2D eigenvalue weighted by atomic mass is 35.5. The molecular weight excluding hydrogens is 710 g/mol. The first-order chi connectivity index (χ1) is 24.7. The molecule has 20 heteroatoms. The number of unbranched alkanes of at least 4 members (excludes halogenated alkanes) is 4. The van der Waals surface area contributed by atoms with Crippen LogP contribution in [0.25, 0.3) is 0 Å². The number of nitrogen functional groups attached to an aromatic ring is 1. The van der Waals surface area contributed by atoms with Gasteiger partial charge in [-0.2, -0.15) is 0 Å². The average Bonchev–Trinajstić information content (AvgIpc) is 3.74. The Labute approximate surface area is 308 Å². The lowest BCUT2D eigenvalue weighted by atomic mass is 10.0. The molecule has 0 aromatic carbocycles. The molecule has 2 saturated heterocycles. The van der Waals surface area contributed by atoms with Crippen LogP contribution in [0.3, 0.4) is 0 Å². The lowest BCUT2D eigenvalue weighted by Crippen LogP contribution is -2.53. The van der Waals surface area contributed by atoms with Crippen LogP contribution in [-0.4, -0.2) is 171 Å². The summed E-state index contributed by atoms with van der Waals surface area (Å²) < 4.78 is 27.2. The molecule has 3 heterocycles. The second-order valence-electron chi connectivity index (χ2n) is 13.0. The monoisotopic (exact) mass is 765 g/mol. The summed E-state index contributed by atoms with van der Waals surface area (Å²) in [7, 11) is 0. The quantitative estimate of drug-likeness (QED) is 0.0355. The predicted octanol–water partition coefficient (Wildman–Crippen LogP) is -1.77. The van der Waals surface area contributed by atoms with Crippen LogP contribution in [0.15, 0.2) is 0 Å². The number of hydrogen-bond acceptors (Lipinski definition) is 17. The highest BCUT2D eigenvalue weighted by Gasteiger charge is 2.39. The highest BCUT2D eigenvalue weighted by Crippen LogP contribution is 2.20. The number of rotatable bonds is 22. The van der Waals surface area contributed by atoms with Crippen molar-refractivity contribution in [2.45, 2.75) is 114 Å². The molecule has 19 nitrogen and oxygen atoms in total. The van der Waals surface area contributed by atoms with Crippen molar-refractivity contribution in [2.75, 3.05) is 58.3 Å². The summed E-state index contributed by atoms with van der Waals surface area (Å²) in [6, 6.07) is 0. The van der Waals surface area contributed by atoms with E-state index >= 15 is 0 Å². The maximum Gasteiger partial charge on any atom is 0.280 e. The van der Waals surface area contributed by atoms with Gasteiger partial charge in [0.1, 0.15) is 36.6 Å². The van der Waals surface area contributed by atoms with E-state index in [9.17, 15) is 35.4 Å². The molecule has 0 bridgehead atoms. The van der Waals surface area contributed by atoms with Crippen molar-refractivity contribution < 1.29 is 59.1 Å². The minimum atomic E-state index is -1.59. The number of aryl methyl sites for hydroxylation is 1. The van der Waals surface area contributed by atoms with Gasteiger partial charge in [0.25, 0.3) is 5.91 Å². The van der Waals surface area contributed by atoms with Crippen LogP contribution in [0, 0.1) is 12.3 Å².